The third-order valence-electron chi connectivity index (χ3n) is 1.55. The van der Waals surface area contributed by atoms with E-state index in [2.05, 4.69) is 4.74 Å². The Morgan fingerprint density at radius 2 is 2.36 bits per heavy atom. The average molecular weight is 158 g/mol. The molecule has 3 heteroatoms. The fourth-order valence-corrected chi connectivity index (χ4v) is 0.621. The van der Waals surface area contributed by atoms with Crippen LogP contribution in [-0.4, -0.2) is 5.97 Å². The van der Waals surface area contributed by atoms with Crippen LogP contribution in [0, 0.1) is 5.92 Å². The van der Waals surface area contributed by atoms with E-state index in [1.165, 1.54) is 0 Å². The Kier molecular flexibility index (Phi) is 2.63. The Bertz CT molecular complexity index is 183. The number of carbonyl (C=O) groups excluding carboxylic acids is 1. The first-order valence-electron chi connectivity index (χ1n) is 3.79. The van der Waals surface area contributed by atoms with Gasteiger partial charge in [-0.1, -0.05) is 6.92 Å². The molecule has 1 aliphatic rings. The lowest BCUT2D eigenvalue weighted by Gasteiger charge is -1.95. The second kappa shape index (κ2) is 3.51. The first-order chi connectivity index (χ1) is 5.24. The monoisotopic (exact) mass is 158 g/mol. The molecule has 11 heavy (non-hydrogen) atoms. The van der Waals surface area contributed by atoms with E-state index in [9.17, 15) is 9.18 Å². The van der Waals surface area contributed by atoms with Crippen molar-refractivity contribution in [2.45, 2.75) is 26.2 Å². The van der Waals surface area contributed by atoms with Crippen LogP contribution in [0.4, 0.5) is 4.39 Å². The van der Waals surface area contributed by atoms with E-state index < -0.39 is 0 Å². The predicted molar refractivity (Wildman–Crippen MR) is 38.3 cm³/mol. The molecule has 0 aromatic heterocycles. The lowest BCUT2D eigenvalue weighted by Crippen LogP contribution is -2.01. The van der Waals surface area contributed by atoms with Gasteiger partial charge in [0.15, 0.2) is 0 Å². The van der Waals surface area contributed by atoms with Crippen LogP contribution in [0.15, 0.2) is 12.1 Å². The summed E-state index contributed by atoms with van der Waals surface area (Å²) in [5, 5.41) is 0. The number of hydrogen-bond donors (Lipinski definition) is 0. The molecular formula is C8H11FO2. The van der Waals surface area contributed by atoms with Crippen LogP contribution in [0.1, 0.15) is 26.2 Å². The van der Waals surface area contributed by atoms with Gasteiger partial charge in [0.2, 0.25) is 0 Å². The molecule has 0 bridgehead atoms. The molecule has 2 nitrogen and oxygen atoms in total. The van der Waals surface area contributed by atoms with Crippen molar-refractivity contribution >= 4 is 5.97 Å². The van der Waals surface area contributed by atoms with Crippen LogP contribution >= 0.6 is 0 Å². The highest BCUT2D eigenvalue weighted by molar-refractivity contribution is 5.75. The second-order valence-corrected chi connectivity index (χ2v) is 2.63. The van der Waals surface area contributed by atoms with Gasteiger partial charge in [-0.15, -0.1) is 0 Å². The molecule has 0 heterocycles. The quantitative estimate of drug-likeness (QED) is 0.464. The van der Waals surface area contributed by atoms with Crippen LogP contribution in [0.5, 0.6) is 0 Å². The maximum absolute atomic E-state index is 12.4. The van der Waals surface area contributed by atoms with E-state index in [0.717, 1.165) is 19.1 Å². The summed E-state index contributed by atoms with van der Waals surface area (Å²) in [6, 6.07) is 0. The van der Waals surface area contributed by atoms with Crippen LogP contribution in [-0.2, 0) is 9.53 Å². The van der Waals surface area contributed by atoms with Gasteiger partial charge < -0.3 is 4.74 Å². The Hall–Kier alpha value is -0.860. The SMILES string of the molecule is CC/C(F)=C/OC(=O)C1CC1. The Labute approximate surface area is 65.0 Å². The lowest BCUT2D eigenvalue weighted by atomic mass is 10.4. The highest BCUT2D eigenvalue weighted by Gasteiger charge is 2.30. The number of carbonyl (C=O) groups is 1. The number of ether oxygens (including phenoxy) is 1. The molecule has 1 saturated carbocycles. The minimum Gasteiger partial charge on any atom is -0.432 e. The van der Waals surface area contributed by atoms with Crippen LogP contribution in [0.25, 0.3) is 0 Å². The van der Waals surface area contributed by atoms with Gasteiger partial charge >= 0.3 is 5.97 Å². The number of hydrogen-bond acceptors (Lipinski definition) is 2. The standard InChI is InChI=1S/C8H11FO2/c1-2-7(9)5-11-8(10)6-3-4-6/h5-6H,2-4H2,1H3/b7-5-. The summed E-state index contributed by atoms with van der Waals surface area (Å²) >= 11 is 0. The highest BCUT2D eigenvalue weighted by Crippen LogP contribution is 2.30. The molecule has 62 valence electrons. The van der Waals surface area contributed by atoms with Gasteiger partial charge in [0.05, 0.1) is 5.92 Å². The molecule has 1 fully saturated rings. The maximum Gasteiger partial charge on any atom is 0.313 e. The Balaban J connectivity index is 2.24. The fourth-order valence-electron chi connectivity index (χ4n) is 0.621. The van der Waals surface area contributed by atoms with Gasteiger partial charge in [0, 0.05) is 0 Å². The van der Waals surface area contributed by atoms with E-state index >= 15 is 0 Å². The molecule has 0 unspecified atom stereocenters. The van der Waals surface area contributed by atoms with Crippen molar-refractivity contribution in [3.8, 4) is 0 Å². The molecule has 0 aliphatic heterocycles. The summed E-state index contributed by atoms with van der Waals surface area (Å²) in [6.07, 6.45) is 2.96. The number of esters is 1. The molecule has 0 amide bonds. The molecule has 0 N–H and O–H groups in total. The molecule has 1 aliphatic carbocycles. The molecule has 0 aromatic rings. The van der Waals surface area contributed by atoms with E-state index in [4.69, 9.17) is 0 Å². The lowest BCUT2D eigenvalue weighted by molar-refractivity contribution is -0.139. The topological polar surface area (TPSA) is 26.3 Å². The minimum atomic E-state index is -0.390. The Morgan fingerprint density at radius 3 is 2.82 bits per heavy atom. The largest absolute Gasteiger partial charge is 0.432 e. The smallest absolute Gasteiger partial charge is 0.313 e. The van der Waals surface area contributed by atoms with Gasteiger partial charge in [-0.25, -0.2) is 4.39 Å². The van der Waals surface area contributed by atoms with E-state index in [1.807, 2.05) is 0 Å². The van der Waals surface area contributed by atoms with Crippen molar-refractivity contribution in [3.05, 3.63) is 12.1 Å². The maximum atomic E-state index is 12.4. The van der Waals surface area contributed by atoms with Crippen LogP contribution in [0.3, 0.4) is 0 Å². The van der Waals surface area contributed by atoms with Crippen molar-refractivity contribution in [1.29, 1.82) is 0 Å². The van der Waals surface area contributed by atoms with Gasteiger partial charge in [0.25, 0.3) is 0 Å². The van der Waals surface area contributed by atoms with Crippen molar-refractivity contribution in [1.82, 2.24) is 0 Å². The van der Waals surface area contributed by atoms with Crippen molar-refractivity contribution < 1.29 is 13.9 Å². The molecule has 0 radical (unpaired) electrons. The minimum absolute atomic E-state index is 0.0379. The van der Waals surface area contributed by atoms with Gasteiger partial charge in [-0.05, 0) is 19.3 Å². The van der Waals surface area contributed by atoms with Gasteiger partial charge in [-0.2, -0.15) is 0 Å². The molecule has 0 aromatic carbocycles. The summed E-state index contributed by atoms with van der Waals surface area (Å²) in [5.74, 6) is -0.650. The third kappa shape index (κ3) is 2.70. The first kappa shape index (κ1) is 8.24. The molecule has 1 rings (SSSR count). The van der Waals surface area contributed by atoms with Crippen LogP contribution < -0.4 is 0 Å². The van der Waals surface area contributed by atoms with Crippen molar-refractivity contribution in [2.75, 3.05) is 0 Å². The van der Waals surface area contributed by atoms with Gasteiger partial charge in [-0.3, -0.25) is 4.79 Å². The zero-order valence-electron chi connectivity index (χ0n) is 6.47. The molecular weight excluding hydrogens is 147 g/mol. The van der Waals surface area contributed by atoms with E-state index in [1.54, 1.807) is 6.92 Å². The number of allylic oxidation sites excluding steroid dienone is 1. The van der Waals surface area contributed by atoms with Crippen LogP contribution in [0.2, 0.25) is 0 Å². The number of rotatable bonds is 3. The fraction of sp³-hybridized carbons (Fsp3) is 0.625. The highest BCUT2D eigenvalue weighted by atomic mass is 19.1. The molecule has 0 atom stereocenters. The number of halogens is 1. The molecule has 0 spiro atoms. The summed E-state index contributed by atoms with van der Waals surface area (Å²) < 4.78 is 16.9. The van der Waals surface area contributed by atoms with Crippen molar-refractivity contribution in [3.63, 3.8) is 0 Å². The second-order valence-electron chi connectivity index (χ2n) is 2.63. The summed E-state index contributed by atoms with van der Waals surface area (Å²) in [4.78, 5) is 10.8. The predicted octanol–water partition coefficient (Wildman–Crippen LogP) is 2.16. The normalized spacial score (nSPS) is 18.2. The molecule has 0 saturated heterocycles. The zero-order chi connectivity index (χ0) is 8.27. The summed E-state index contributed by atoms with van der Waals surface area (Å²) in [5.41, 5.74) is 0. The average Bonchev–Trinajstić information content (AvgIpc) is 2.81. The third-order valence-corrected chi connectivity index (χ3v) is 1.55. The van der Waals surface area contributed by atoms with Gasteiger partial charge in [0.1, 0.15) is 12.1 Å². The summed E-state index contributed by atoms with van der Waals surface area (Å²) in [6.45, 7) is 1.66. The summed E-state index contributed by atoms with van der Waals surface area (Å²) in [7, 11) is 0. The van der Waals surface area contributed by atoms with E-state index in [0.29, 0.717) is 0 Å². The van der Waals surface area contributed by atoms with Crippen molar-refractivity contribution in [2.24, 2.45) is 5.92 Å². The van der Waals surface area contributed by atoms with E-state index in [-0.39, 0.29) is 24.1 Å². The first-order valence-corrected chi connectivity index (χ1v) is 3.79. The Morgan fingerprint density at radius 1 is 1.73 bits per heavy atom. The zero-order valence-corrected chi connectivity index (χ0v) is 6.47.